The largest absolute Gasteiger partial charge is 0.354 e. The predicted molar refractivity (Wildman–Crippen MR) is 93.5 cm³/mol. The molecule has 0 saturated heterocycles. The van der Waals surface area contributed by atoms with Crippen molar-refractivity contribution < 1.29 is 4.79 Å². The van der Waals surface area contributed by atoms with E-state index in [1.54, 1.807) is 6.33 Å². The number of aryl methyl sites for hydroxylation is 2. The van der Waals surface area contributed by atoms with Gasteiger partial charge in [0.05, 0.1) is 5.25 Å². The Bertz CT molecular complexity index is 681. The van der Waals surface area contributed by atoms with Gasteiger partial charge in [0.2, 0.25) is 5.91 Å². The van der Waals surface area contributed by atoms with Crippen molar-refractivity contribution in [2.45, 2.75) is 43.5 Å². The van der Waals surface area contributed by atoms with Crippen molar-refractivity contribution in [1.29, 1.82) is 0 Å². The number of hydrogen-bond donors (Lipinski definition) is 1. The van der Waals surface area contributed by atoms with Gasteiger partial charge in [-0.1, -0.05) is 55.4 Å². The molecule has 6 heteroatoms. The molecule has 1 N–H and O–H groups in total. The van der Waals surface area contributed by atoms with E-state index in [0.29, 0.717) is 6.54 Å². The third-order valence-electron chi connectivity index (χ3n) is 3.83. The number of aromatic nitrogens is 3. The molecule has 1 atom stereocenters. The maximum Gasteiger partial charge on any atom is 0.233 e. The maximum atomic E-state index is 12.3. The first-order valence-electron chi connectivity index (χ1n) is 7.65. The van der Waals surface area contributed by atoms with E-state index in [2.05, 4.69) is 60.6 Å². The quantitative estimate of drug-likeness (QED) is 0.826. The number of amides is 1. The summed E-state index contributed by atoms with van der Waals surface area (Å²) in [4.78, 5) is 12.3. The van der Waals surface area contributed by atoms with Crippen LogP contribution in [0.4, 0.5) is 0 Å². The van der Waals surface area contributed by atoms with E-state index < -0.39 is 0 Å². The summed E-state index contributed by atoms with van der Waals surface area (Å²) in [6.07, 6.45) is 1.63. The highest BCUT2D eigenvalue weighted by Crippen LogP contribution is 2.24. The van der Waals surface area contributed by atoms with Gasteiger partial charge in [-0.2, -0.15) is 0 Å². The molecule has 5 nitrogen and oxygen atoms in total. The zero-order valence-electron chi connectivity index (χ0n) is 14.3. The molecule has 2 aromatic rings. The minimum Gasteiger partial charge on any atom is -0.354 e. The van der Waals surface area contributed by atoms with E-state index in [4.69, 9.17) is 0 Å². The Labute approximate surface area is 141 Å². The van der Waals surface area contributed by atoms with Gasteiger partial charge in [0.15, 0.2) is 5.16 Å². The molecule has 2 rings (SSSR count). The Hall–Kier alpha value is -1.82. The van der Waals surface area contributed by atoms with E-state index in [-0.39, 0.29) is 16.6 Å². The van der Waals surface area contributed by atoms with E-state index >= 15 is 0 Å². The van der Waals surface area contributed by atoms with Gasteiger partial charge in [-0.25, -0.2) is 0 Å². The highest BCUT2D eigenvalue weighted by Gasteiger charge is 2.24. The number of rotatable bonds is 6. The van der Waals surface area contributed by atoms with Crippen LogP contribution in [0.1, 0.15) is 31.9 Å². The topological polar surface area (TPSA) is 59.8 Å². The van der Waals surface area contributed by atoms with Gasteiger partial charge in [-0.05, 0) is 19.4 Å². The van der Waals surface area contributed by atoms with Gasteiger partial charge in [0.25, 0.3) is 0 Å². The Kier molecular flexibility index (Phi) is 5.46. The molecule has 0 saturated carbocycles. The molecule has 1 aromatic heterocycles. The van der Waals surface area contributed by atoms with Crippen LogP contribution < -0.4 is 5.32 Å². The molecule has 1 heterocycles. The third kappa shape index (κ3) is 4.58. The first-order valence-corrected chi connectivity index (χ1v) is 8.53. The fourth-order valence-electron chi connectivity index (χ4n) is 2.21. The Balaban J connectivity index is 1.94. The van der Waals surface area contributed by atoms with Crippen molar-refractivity contribution in [2.24, 2.45) is 7.05 Å². The molecule has 0 aliphatic heterocycles. The minimum absolute atomic E-state index is 0.0127. The molecule has 0 bridgehead atoms. The van der Waals surface area contributed by atoms with E-state index in [1.165, 1.54) is 22.9 Å². The Morgan fingerprint density at radius 1 is 1.43 bits per heavy atom. The van der Waals surface area contributed by atoms with Gasteiger partial charge in [-0.15, -0.1) is 10.2 Å². The molecule has 0 fully saturated rings. The highest BCUT2D eigenvalue weighted by atomic mass is 32.2. The summed E-state index contributed by atoms with van der Waals surface area (Å²) in [6, 6.07) is 8.42. The van der Waals surface area contributed by atoms with Gasteiger partial charge < -0.3 is 9.88 Å². The maximum absolute atomic E-state index is 12.3. The summed E-state index contributed by atoms with van der Waals surface area (Å²) in [5, 5.41) is 11.4. The van der Waals surface area contributed by atoms with E-state index in [1.807, 2.05) is 18.5 Å². The van der Waals surface area contributed by atoms with Crippen molar-refractivity contribution in [1.82, 2.24) is 20.1 Å². The van der Waals surface area contributed by atoms with Crippen molar-refractivity contribution in [3.05, 3.63) is 41.7 Å². The fraction of sp³-hybridized carbons (Fsp3) is 0.471. The lowest BCUT2D eigenvalue weighted by atomic mass is 9.84. The summed E-state index contributed by atoms with van der Waals surface area (Å²) in [7, 11) is 1.87. The van der Waals surface area contributed by atoms with Gasteiger partial charge in [0.1, 0.15) is 6.33 Å². The lowest BCUT2D eigenvalue weighted by Gasteiger charge is -2.26. The lowest BCUT2D eigenvalue weighted by Crippen LogP contribution is -2.40. The SMILES string of the molecule is Cc1cccc(C(C)(C)CNC(=O)C(C)Sc2nncn2C)c1. The van der Waals surface area contributed by atoms with Crippen LogP contribution in [0.25, 0.3) is 0 Å². The van der Waals surface area contributed by atoms with Crippen LogP contribution in [0.3, 0.4) is 0 Å². The first kappa shape index (κ1) is 17.5. The van der Waals surface area contributed by atoms with Crippen LogP contribution in [0.15, 0.2) is 35.7 Å². The summed E-state index contributed by atoms with van der Waals surface area (Å²) in [5.74, 6) is 0.0127. The zero-order chi connectivity index (χ0) is 17.0. The Morgan fingerprint density at radius 3 is 2.78 bits per heavy atom. The molecule has 124 valence electrons. The summed E-state index contributed by atoms with van der Waals surface area (Å²) >= 11 is 1.41. The van der Waals surface area contributed by atoms with Gasteiger partial charge in [-0.3, -0.25) is 4.79 Å². The van der Waals surface area contributed by atoms with Crippen LogP contribution in [-0.2, 0) is 17.3 Å². The molecule has 0 radical (unpaired) electrons. The van der Waals surface area contributed by atoms with E-state index in [0.717, 1.165) is 5.16 Å². The summed E-state index contributed by atoms with van der Waals surface area (Å²) in [6.45, 7) is 8.84. The molecule has 0 aliphatic rings. The normalized spacial score (nSPS) is 12.9. The highest BCUT2D eigenvalue weighted by molar-refractivity contribution is 8.00. The second-order valence-electron chi connectivity index (χ2n) is 6.46. The van der Waals surface area contributed by atoms with Crippen LogP contribution in [0.5, 0.6) is 0 Å². The number of nitrogens with zero attached hydrogens (tertiary/aromatic N) is 3. The number of hydrogen-bond acceptors (Lipinski definition) is 4. The molecular weight excluding hydrogens is 308 g/mol. The molecule has 1 unspecified atom stereocenters. The fourth-order valence-corrected chi connectivity index (χ4v) is 3.03. The Morgan fingerprint density at radius 2 is 2.17 bits per heavy atom. The van der Waals surface area contributed by atoms with Gasteiger partial charge >= 0.3 is 0 Å². The number of nitrogens with one attached hydrogen (secondary N) is 1. The number of benzene rings is 1. The minimum atomic E-state index is -0.216. The van der Waals surface area contributed by atoms with Gasteiger partial charge in [0, 0.05) is 19.0 Å². The van der Waals surface area contributed by atoms with E-state index in [9.17, 15) is 4.79 Å². The van der Waals surface area contributed by atoms with Crippen molar-refractivity contribution in [2.75, 3.05) is 6.54 Å². The molecule has 0 aliphatic carbocycles. The predicted octanol–water partition coefficient (Wildman–Crippen LogP) is 2.70. The third-order valence-corrected chi connectivity index (χ3v) is 4.97. The zero-order valence-corrected chi connectivity index (χ0v) is 15.1. The molecule has 23 heavy (non-hydrogen) atoms. The van der Waals surface area contributed by atoms with Crippen LogP contribution >= 0.6 is 11.8 Å². The number of carbonyl (C=O) groups excluding carboxylic acids is 1. The number of carbonyl (C=O) groups is 1. The first-order chi connectivity index (χ1) is 10.8. The standard InChI is InChI=1S/C17H24N4OS/c1-12-7-6-8-14(9-12)17(3,4)10-18-15(22)13(2)23-16-20-19-11-21(16)5/h6-9,11,13H,10H2,1-5H3,(H,18,22). The number of thioether (sulfide) groups is 1. The molecule has 1 aromatic carbocycles. The summed E-state index contributed by atoms with van der Waals surface area (Å²) < 4.78 is 1.81. The average molecular weight is 332 g/mol. The second kappa shape index (κ2) is 7.17. The van der Waals surface area contributed by atoms with Crippen LogP contribution in [-0.4, -0.2) is 32.5 Å². The molecule has 1 amide bonds. The second-order valence-corrected chi connectivity index (χ2v) is 7.76. The average Bonchev–Trinajstić information content (AvgIpc) is 2.90. The van der Waals surface area contributed by atoms with Crippen LogP contribution in [0.2, 0.25) is 0 Å². The van der Waals surface area contributed by atoms with Crippen molar-refractivity contribution in [3.63, 3.8) is 0 Å². The van der Waals surface area contributed by atoms with Crippen molar-refractivity contribution >= 4 is 17.7 Å². The van der Waals surface area contributed by atoms with Crippen molar-refractivity contribution in [3.8, 4) is 0 Å². The summed E-state index contributed by atoms with van der Waals surface area (Å²) in [5.41, 5.74) is 2.34. The van der Waals surface area contributed by atoms with Crippen LogP contribution in [0, 0.1) is 6.92 Å². The molecular formula is C17H24N4OS. The smallest absolute Gasteiger partial charge is 0.233 e. The monoisotopic (exact) mass is 332 g/mol. The lowest BCUT2D eigenvalue weighted by molar-refractivity contribution is -0.120. The molecule has 0 spiro atoms.